The third-order valence-corrected chi connectivity index (χ3v) is 11.0. The zero-order valence-corrected chi connectivity index (χ0v) is 21.7. The zero-order chi connectivity index (χ0) is 25.1. The lowest BCUT2D eigenvalue weighted by Gasteiger charge is -2.27. The van der Waals surface area contributed by atoms with Crippen molar-refractivity contribution in [1.82, 2.24) is 0 Å². The first-order valence-electron chi connectivity index (χ1n) is 12.6. The van der Waals surface area contributed by atoms with Crippen molar-refractivity contribution in [2.24, 2.45) is 0 Å². The Labute approximate surface area is 216 Å². The summed E-state index contributed by atoms with van der Waals surface area (Å²) in [6.07, 6.45) is 3.29. The molecule has 1 nitrogen and oxygen atoms in total. The molecule has 0 aliphatic heterocycles. The van der Waals surface area contributed by atoms with E-state index in [1.165, 1.54) is 39.6 Å². The van der Waals surface area contributed by atoms with E-state index in [0.29, 0.717) is 0 Å². The van der Waals surface area contributed by atoms with Crippen LogP contribution in [0.25, 0.3) is 0 Å². The summed E-state index contributed by atoms with van der Waals surface area (Å²) in [6, 6.07) is 50.4. The normalized spacial score (nSPS) is 10.8. The van der Waals surface area contributed by atoms with Crippen molar-refractivity contribution in [2.45, 2.75) is 19.8 Å². The van der Waals surface area contributed by atoms with Crippen LogP contribution in [0.3, 0.4) is 0 Å². The van der Waals surface area contributed by atoms with Crippen molar-refractivity contribution < 1.29 is 5.11 Å². The Kier molecular flexibility index (Phi) is 9.09. The molecule has 0 saturated carbocycles. The molecule has 0 fully saturated rings. The Morgan fingerprint density at radius 3 is 1.22 bits per heavy atom. The van der Waals surface area contributed by atoms with Gasteiger partial charge in [0.05, 0.1) is 6.16 Å². The molecule has 2 heteroatoms. The van der Waals surface area contributed by atoms with Crippen molar-refractivity contribution in [2.75, 3.05) is 6.16 Å². The molecular formula is C34H33OP. The molecule has 36 heavy (non-hydrogen) atoms. The molecule has 0 bridgehead atoms. The maximum atomic E-state index is 10.9. The smallest absolute Gasteiger partial charge is 0.112 e. The number of hydrogen-bond donors (Lipinski definition) is 0. The van der Waals surface area contributed by atoms with Gasteiger partial charge < -0.3 is 5.11 Å². The van der Waals surface area contributed by atoms with E-state index in [2.05, 4.69) is 110 Å². The van der Waals surface area contributed by atoms with Crippen LogP contribution in [0.1, 0.15) is 24.5 Å². The fraction of sp³-hybridized carbons (Fsp3) is 0.118. The maximum Gasteiger partial charge on any atom is 0.112 e. The highest BCUT2D eigenvalue weighted by Crippen LogP contribution is 2.55. The monoisotopic (exact) mass is 488 g/mol. The second kappa shape index (κ2) is 12.9. The quantitative estimate of drug-likeness (QED) is 0.233. The Bertz CT molecular complexity index is 1190. The predicted molar refractivity (Wildman–Crippen MR) is 155 cm³/mol. The fourth-order valence-electron chi connectivity index (χ4n) is 4.66. The molecule has 180 valence electrons. The van der Waals surface area contributed by atoms with Crippen molar-refractivity contribution in [3.63, 3.8) is 0 Å². The fourth-order valence-corrected chi connectivity index (χ4v) is 9.04. The molecular weight excluding hydrogens is 455 g/mol. The highest BCUT2D eigenvalue weighted by atomic mass is 31.2. The molecule has 0 radical (unpaired) electrons. The van der Waals surface area contributed by atoms with Crippen molar-refractivity contribution in [3.8, 4) is 5.75 Å². The van der Waals surface area contributed by atoms with E-state index in [1.807, 2.05) is 30.3 Å². The maximum absolute atomic E-state index is 10.9. The topological polar surface area (TPSA) is 23.1 Å². The Morgan fingerprint density at radius 1 is 0.472 bits per heavy atom. The van der Waals surface area contributed by atoms with Gasteiger partial charge in [0, 0.05) is 0 Å². The summed E-state index contributed by atoms with van der Waals surface area (Å²) >= 11 is 0. The number of benzene rings is 5. The van der Waals surface area contributed by atoms with Crippen LogP contribution in [0.5, 0.6) is 5.75 Å². The summed E-state index contributed by atoms with van der Waals surface area (Å²) in [5.41, 5.74) is 2.45. The Balaban J connectivity index is 0.000000187. The van der Waals surface area contributed by atoms with Crippen LogP contribution in [-0.2, 0) is 6.42 Å². The van der Waals surface area contributed by atoms with Gasteiger partial charge in [-0.25, -0.2) is 0 Å². The molecule has 0 heterocycles. The third kappa shape index (κ3) is 6.30. The molecule has 0 aromatic heterocycles. The van der Waals surface area contributed by atoms with Gasteiger partial charge in [0.2, 0.25) is 0 Å². The molecule has 0 aliphatic carbocycles. The molecule has 0 saturated heterocycles. The minimum atomic E-state index is -1.55. The lowest BCUT2D eigenvalue weighted by Crippen LogP contribution is -2.33. The van der Waals surface area contributed by atoms with Gasteiger partial charge in [0.1, 0.15) is 23.2 Å². The molecule has 0 spiro atoms. The van der Waals surface area contributed by atoms with Gasteiger partial charge in [-0.3, -0.25) is 0 Å². The van der Waals surface area contributed by atoms with Crippen LogP contribution in [-0.4, -0.2) is 6.16 Å². The van der Waals surface area contributed by atoms with E-state index in [1.54, 1.807) is 12.1 Å². The van der Waals surface area contributed by atoms with Gasteiger partial charge in [-0.2, -0.15) is 0 Å². The SMILES string of the molecule is CCC[P+](c1ccccc1)(c1ccccc1)c1ccccc1.[O-]c1ccc(Cc2ccccc2)cc1. The van der Waals surface area contributed by atoms with Crippen LogP contribution < -0.4 is 21.0 Å². The molecule has 0 atom stereocenters. The zero-order valence-electron chi connectivity index (χ0n) is 20.8. The molecule has 0 amide bonds. The molecule has 0 N–H and O–H groups in total. The van der Waals surface area contributed by atoms with Crippen LogP contribution in [0.15, 0.2) is 146 Å². The van der Waals surface area contributed by atoms with Crippen LogP contribution in [0.4, 0.5) is 0 Å². The van der Waals surface area contributed by atoms with Crippen molar-refractivity contribution >= 4 is 23.2 Å². The molecule has 0 unspecified atom stereocenters. The van der Waals surface area contributed by atoms with Gasteiger partial charge in [-0.15, -0.1) is 5.75 Å². The molecule has 5 aromatic rings. The van der Waals surface area contributed by atoms with E-state index in [-0.39, 0.29) is 5.75 Å². The first-order chi connectivity index (χ1) is 17.7. The van der Waals surface area contributed by atoms with Crippen molar-refractivity contribution in [3.05, 3.63) is 157 Å². The van der Waals surface area contributed by atoms with Crippen molar-refractivity contribution in [1.29, 1.82) is 0 Å². The van der Waals surface area contributed by atoms with Gasteiger partial charge in [-0.05, 0) is 60.4 Å². The summed E-state index contributed by atoms with van der Waals surface area (Å²) < 4.78 is 0. The largest absolute Gasteiger partial charge is 0.872 e. The highest BCUT2D eigenvalue weighted by Gasteiger charge is 2.44. The Morgan fingerprint density at radius 2 is 0.833 bits per heavy atom. The molecule has 0 aliphatic rings. The standard InChI is InChI=1S/C21H22P.C13H12O/c1-2-18-22(19-12-6-3-7-13-19,20-14-8-4-9-15-20)21-16-10-5-11-17-21;14-13-8-6-12(7-9-13)10-11-4-2-1-3-5-11/h3-17H,2,18H2,1H3;1-9,14H,10H2/q+1;/p-1. The molecule has 5 aromatic carbocycles. The summed E-state index contributed by atoms with van der Waals surface area (Å²) in [5, 5.41) is 15.3. The predicted octanol–water partition coefficient (Wildman–Crippen LogP) is 6.74. The first-order valence-corrected chi connectivity index (χ1v) is 14.5. The van der Waals surface area contributed by atoms with Gasteiger partial charge in [0.25, 0.3) is 0 Å². The number of hydrogen-bond acceptors (Lipinski definition) is 1. The second-order valence-corrected chi connectivity index (χ2v) is 12.5. The lowest BCUT2D eigenvalue weighted by atomic mass is 10.1. The van der Waals surface area contributed by atoms with Gasteiger partial charge in [0.15, 0.2) is 0 Å². The summed E-state index contributed by atoms with van der Waals surface area (Å²) in [6.45, 7) is 2.30. The summed E-state index contributed by atoms with van der Waals surface area (Å²) in [4.78, 5) is 0. The third-order valence-electron chi connectivity index (χ3n) is 6.32. The average Bonchev–Trinajstić information content (AvgIpc) is 2.95. The van der Waals surface area contributed by atoms with Crippen LogP contribution in [0, 0.1) is 0 Å². The van der Waals surface area contributed by atoms with Gasteiger partial charge in [-0.1, -0.05) is 116 Å². The second-order valence-electron chi connectivity index (χ2n) is 8.85. The summed E-state index contributed by atoms with van der Waals surface area (Å²) in [5.74, 6) is 0.0711. The van der Waals surface area contributed by atoms with E-state index in [4.69, 9.17) is 0 Å². The van der Waals surface area contributed by atoms with E-state index < -0.39 is 7.26 Å². The molecule has 5 rings (SSSR count). The average molecular weight is 489 g/mol. The van der Waals surface area contributed by atoms with Gasteiger partial charge >= 0.3 is 0 Å². The summed E-state index contributed by atoms with van der Waals surface area (Å²) in [7, 11) is -1.55. The van der Waals surface area contributed by atoms with Crippen LogP contribution >= 0.6 is 7.26 Å². The van der Waals surface area contributed by atoms with E-state index >= 15 is 0 Å². The lowest BCUT2D eigenvalue weighted by molar-refractivity contribution is -0.268. The Hall–Kier alpha value is -3.67. The minimum absolute atomic E-state index is 0.0711. The highest BCUT2D eigenvalue weighted by molar-refractivity contribution is 7.95. The first kappa shape index (κ1) is 25.4. The van der Waals surface area contributed by atoms with E-state index in [9.17, 15) is 5.11 Å². The van der Waals surface area contributed by atoms with E-state index in [0.717, 1.165) is 6.42 Å². The minimum Gasteiger partial charge on any atom is -0.872 e. The number of rotatable bonds is 7. The van der Waals surface area contributed by atoms with Crippen LogP contribution in [0.2, 0.25) is 0 Å².